The summed E-state index contributed by atoms with van der Waals surface area (Å²) in [6.07, 6.45) is 3.91. The van der Waals surface area contributed by atoms with Crippen molar-refractivity contribution in [1.29, 1.82) is 0 Å². The highest BCUT2D eigenvalue weighted by atomic mass is 32.1. The number of hydrogen-bond donors (Lipinski definition) is 3. The second-order valence-corrected chi connectivity index (χ2v) is 7.02. The van der Waals surface area contributed by atoms with Crippen molar-refractivity contribution in [1.82, 2.24) is 10.6 Å². The molecule has 0 saturated heterocycles. The van der Waals surface area contributed by atoms with E-state index in [1.807, 2.05) is 45.0 Å². The van der Waals surface area contributed by atoms with Crippen LogP contribution in [-0.4, -0.2) is 29.6 Å². The van der Waals surface area contributed by atoms with Crippen molar-refractivity contribution in [3.63, 3.8) is 0 Å². The Labute approximate surface area is 182 Å². The van der Waals surface area contributed by atoms with Crippen LogP contribution in [0.15, 0.2) is 54.6 Å². The molecule has 0 fully saturated rings. The highest BCUT2D eigenvalue weighted by molar-refractivity contribution is 7.80. The van der Waals surface area contributed by atoms with Gasteiger partial charge in [-0.15, -0.1) is 0 Å². The fourth-order valence-corrected chi connectivity index (χ4v) is 2.73. The summed E-state index contributed by atoms with van der Waals surface area (Å²) >= 11 is 5.22. The van der Waals surface area contributed by atoms with Gasteiger partial charge in [-0.3, -0.25) is 14.9 Å². The van der Waals surface area contributed by atoms with Gasteiger partial charge in [0.2, 0.25) is 5.91 Å². The highest BCUT2D eigenvalue weighted by Gasteiger charge is 2.14. The second-order valence-electron chi connectivity index (χ2n) is 6.61. The first-order valence-corrected chi connectivity index (χ1v) is 10.3. The van der Waals surface area contributed by atoms with E-state index in [0.717, 1.165) is 17.7 Å². The molecular weight excluding hydrogens is 398 g/mol. The molecule has 2 aromatic rings. The fraction of sp³-hybridized carbons (Fsp3) is 0.261. The number of carbonyl (C=O) groups excluding carboxylic acids is 2. The maximum absolute atomic E-state index is 12.5. The zero-order chi connectivity index (χ0) is 21.9. The first-order chi connectivity index (χ1) is 14.4. The molecule has 0 spiro atoms. The quantitative estimate of drug-likeness (QED) is 0.438. The van der Waals surface area contributed by atoms with Gasteiger partial charge in [0, 0.05) is 12.1 Å². The number of nitrogens with one attached hydrogen (secondary N) is 3. The number of hydrogen-bond acceptors (Lipinski definition) is 4. The molecule has 0 saturated carbocycles. The number of anilines is 1. The van der Waals surface area contributed by atoms with Crippen LogP contribution in [0.3, 0.4) is 0 Å². The Morgan fingerprint density at radius 2 is 1.80 bits per heavy atom. The summed E-state index contributed by atoms with van der Waals surface area (Å²) in [6.45, 7) is 6.46. The van der Waals surface area contributed by atoms with Gasteiger partial charge in [-0.05, 0) is 68.4 Å². The lowest BCUT2D eigenvalue weighted by molar-refractivity contribution is -0.115. The lowest BCUT2D eigenvalue weighted by Gasteiger charge is -2.15. The van der Waals surface area contributed by atoms with Crippen molar-refractivity contribution in [2.75, 3.05) is 11.9 Å². The van der Waals surface area contributed by atoms with Crippen LogP contribution in [0.5, 0.6) is 5.75 Å². The van der Waals surface area contributed by atoms with Crippen molar-refractivity contribution in [2.45, 2.75) is 33.2 Å². The van der Waals surface area contributed by atoms with Crippen molar-refractivity contribution in [3.05, 3.63) is 65.7 Å². The Hall–Kier alpha value is -3.19. The molecule has 1 atom stereocenters. The molecule has 6 nitrogen and oxygen atoms in total. The van der Waals surface area contributed by atoms with Crippen molar-refractivity contribution >= 4 is 40.9 Å². The Kier molecular flexibility index (Phi) is 9.03. The maximum Gasteiger partial charge on any atom is 0.253 e. The third-order valence-electron chi connectivity index (χ3n) is 4.26. The second kappa shape index (κ2) is 11.7. The molecule has 30 heavy (non-hydrogen) atoms. The molecule has 2 aromatic carbocycles. The molecule has 0 aliphatic heterocycles. The van der Waals surface area contributed by atoms with Crippen LogP contribution >= 0.6 is 12.2 Å². The highest BCUT2D eigenvalue weighted by Crippen LogP contribution is 2.15. The number of benzene rings is 2. The van der Waals surface area contributed by atoms with Crippen molar-refractivity contribution in [2.24, 2.45) is 0 Å². The summed E-state index contributed by atoms with van der Waals surface area (Å²) in [4.78, 5) is 24.6. The smallest absolute Gasteiger partial charge is 0.253 e. The minimum Gasteiger partial charge on any atom is -0.494 e. The molecule has 3 N–H and O–H groups in total. The first-order valence-electron chi connectivity index (χ1n) is 9.85. The van der Waals surface area contributed by atoms with Gasteiger partial charge in [0.15, 0.2) is 5.11 Å². The van der Waals surface area contributed by atoms with Gasteiger partial charge >= 0.3 is 0 Å². The zero-order valence-corrected chi connectivity index (χ0v) is 18.2. The average molecular weight is 426 g/mol. The third-order valence-corrected chi connectivity index (χ3v) is 4.47. The van der Waals surface area contributed by atoms with Gasteiger partial charge in [-0.25, -0.2) is 0 Å². The SMILES string of the molecule is CCOc1ccc(/C=C/C(=O)NC(=S)Nc2ccccc2C(=O)NC(C)CC)cc1. The minimum absolute atomic E-state index is 0.0601. The fourth-order valence-electron chi connectivity index (χ4n) is 2.51. The molecule has 7 heteroatoms. The van der Waals surface area contributed by atoms with Crippen LogP contribution in [0.2, 0.25) is 0 Å². The molecule has 0 heterocycles. The maximum atomic E-state index is 12.5. The van der Waals surface area contributed by atoms with E-state index in [4.69, 9.17) is 17.0 Å². The normalized spacial score (nSPS) is 11.6. The molecule has 2 rings (SSSR count). The van der Waals surface area contributed by atoms with Gasteiger partial charge in [0.05, 0.1) is 17.9 Å². The lowest BCUT2D eigenvalue weighted by Crippen LogP contribution is -2.35. The lowest BCUT2D eigenvalue weighted by atomic mass is 10.1. The average Bonchev–Trinajstić information content (AvgIpc) is 2.73. The van der Waals surface area contributed by atoms with E-state index in [2.05, 4.69) is 16.0 Å². The summed E-state index contributed by atoms with van der Waals surface area (Å²) in [6, 6.07) is 14.5. The van der Waals surface area contributed by atoms with Crippen LogP contribution in [0.1, 0.15) is 43.1 Å². The van der Waals surface area contributed by atoms with E-state index >= 15 is 0 Å². The monoisotopic (exact) mass is 425 g/mol. The van der Waals surface area contributed by atoms with Crippen LogP contribution in [0, 0.1) is 0 Å². The van der Waals surface area contributed by atoms with Gasteiger partial charge in [0.25, 0.3) is 5.91 Å². The Balaban J connectivity index is 1.95. The number of para-hydroxylation sites is 1. The third kappa shape index (κ3) is 7.33. The van der Waals surface area contributed by atoms with Crippen LogP contribution < -0.4 is 20.7 Å². The number of thiocarbonyl (C=S) groups is 1. The standard InChI is InChI=1S/C23H27N3O3S/c1-4-16(3)24-22(28)19-8-6-7-9-20(19)25-23(30)26-21(27)15-12-17-10-13-18(14-11-17)29-5-2/h6-16H,4-5H2,1-3H3,(H,24,28)(H2,25,26,27,30)/b15-12+. The topological polar surface area (TPSA) is 79.5 Å². The Bertz CT molecular complexity index is 910. The van der Waals surface area contributed by atoms with E-state index in [-0.39, 0.29) is 23.0 Å². The number of amides is 2. The van der Waals surface area contributed by atoms with E-state index in [0.29, 0.717) is 17.9 Å². The molecule has 0 aromatic heterocycles. The molecule has 0 aliphatic rings. The van der Waals surface area contributed by atoms with E-state index in [1.54, 1.807) is 30.3 Å². The first kappa shape index (κ1) is 23.1. The van der Waals surface area contributed by atoms with Crippen LogP contribution in [0.4, 0.5) is 5.69 Å². The zero-order valence-electron chi connectivity index (χ0n) is 17.4. The van der Waals surface area contributed by atoms with E-state index in [1.165, 1.54) is 6.08 Å². The molecule has 1 unspecified atom stereocenters. The van der Waals surface area contributed by atoms with Gasteiger partial charge in [-0.2, -0.15) is 0 Å². The molecule has 0 radical (unpaired) electrons. The molecule has 0 bridgehead atoms. The van der Waals surface area contributed by atoms with Crippen molar-refractivity contribution in [3.8, 4) is 5.75 Å². The Morgan fingerprint density at radius 3 is 2.47 bits per heavy atom. The summed E-state index contributed by atoms with van der Waals surface area (Å²) in [5.41, 5.74) is 1.85. The molecular formula is C23H27N3O3S. The van der Waals surface area contributed by atoms with Gasteiger partial charge in [0.1, 0.15) is 5.75 Å². The molecule has 2 amide bonds. The minimum atomic E-state index is -0.372. The number of carbonyl (C=O) groups is 2. The number of rotatable bonds is 8. The Morgan fingerprint density at radius 1 is 1.10 bits per heavy atom. The van der Waals surface area contributed by atoms with Crippen molar-refractivity contribution < 1.29 is 14.3 Å². The summed E-state index contributed by atoms with van der Waals surface area (Å²) in [7, 11) is 0. The molecule has 0 aliphatic carbocycles. The summed E-state index contributed by atoms with van der Waals surface area (Å²) in [5, 5.41) is 8.54. The van der Waals surface area contributed by atoms with Crippen LogP contribution in [-0.2, 0) is 4.79 Å². The largest absolute Gasteiger partial charge is 0.494 e. The van der Waals surface area contributed by atoms with E-state index in [9.17, 15) is 9.59 Å². The molecule has 158 valence electrons. The van der Waals surface area contributed by atoms with Gasteiger partial charge < -0.3 is 15.4 Å². The summed E-state index contributed by atoms with van der Waals surface area (Å²) in [5.74, 6) is 0.209. The van der Waals surface area contributed by atoms with Gasteiger partial charge in [-0.1, -0.05) is 31.2 Å². The predicted molar refractivity (Wildman–Crippen MR) is 125 cm³/mol. The van der Waals surface area contributed by atoms with E-state index < -0.39 is 0 Å². The van der Waals surface area contributed by atoms with Crippen LogP contribution in [0.25, 0.3) is 6.08 Å². The number of ether oxygens (including phenoxy) is 1. The predicted octanol–water partition coefficient (Wildman–Crippen LogP) is 4.14. The summed E-state index contributed by atoms with van der Waals surface area (Å²) < 4.78 is 5.39.